The minimum absolute atomic E-state index is 0. The third-order valence-corrected chi connectivity index (χ3v) is 1.57. The van der Waals surface area contributed by atoms with E-state index in [1.165, 1.54) is 0 Å². The molecule has 0 saturated carbocycles. The van der Waals surface area contributed by atoms with E-state index in [2.05, 4.69) is 0 Å². The molecular formula is C6H11LiO4. The van der Waals surface area contributed by atoms with Crippen molar-refractivity contribution in [2.45, 2.75) is 12.8 Å². The maximum atomic E-state index is 10.3. The summed E-state index contributed by atoms with van der Waals surface area (Å²) in [5.41, 5.74) is 0. The molecule has 1 saturated heterocycles. The van der Waals surface area contributed by atoms with Gasteiger partial charge in [0.15, 0.2) is 0 Å². The van der Waals surface area contributed by atoms with E-state index >= 15 is 0 Å². The molecule has 60 valence electrons. The Bertz CT molecular complexity index is 111. The third kappa shape index (κ3) is 4.43. The summed E-state index contributed by atoms with van der Waals surface area (Å²) in [5.74, 6) is -0.836. The van der Waals surface area contributed by atoms with Crippen molar-refractivity contribution < 1.29 is 39.0 Å². The molecule has 5 heteroatoms. The molecule has 1 aliphatic heterocycles. The molecule has 11 heavy (non-hydrogen) atoms. The Balaban J connectivity index is 0. The summed E-state index contributed by atoms with van der Waals surface area (Å²) in [7, 11) is 0. The summed E-state index contributed by atoms with van der Waals surface area (Å²) in [6.45, 7) is 1.22. The Morgan fingerprint density at radius 2 is 1.82 bits per heavy atom. The topological polar surface area (TPSA) is 76.5 Å². The van der Waals surface area contributed by atoms with E-state index in [1.54, 1.807) is 0 Å². The SMILES string of the molecule is O=C(O)C1CCOCC1.[Li+].[OH-]. The first-order valence-electron chi connectivity index (χ1n) is 3.11. The zero-order valence-electron chi connectivity index (χ0n) is 6.62. The van der Waals surface area contributed by atoms with Gasteiger partial charge in [-0.2, -0.15) is 0 Å². The van der Waals surface area contributed by atoms with Crippen molar-refractivity contribution in [2.75, 3.05) is 13.2 Å². The number of hydrogen-bond acceptors (Lipinski definition) is 3. The molecular weight excluding hydrogens is 143 g/mol. The quantitative estimate of drug-likeness (QED) is 0.418. The van der Waals surface area contributed by atoms with Gasteiger partial charge in [-0.15, -0.1) is 0 Å². The van der Waals surface area contributed by atoms with Gasteiger partial charge in [0.05, 0.1) is 5.92 Å². The van der Waals surface area contributed by atoms with Crippen molar-refractivity contribution in [3.05, 3.63) is 0 Å². The standard InChI is InChI=1S/C6H10O3.Li.H2O/c7-6(8)5-1-3-9-4-2-5;;/h5H,1-4H2,(H,7,8);;1H2/q;+1;/p-1. The van der Waals surface area contributed by atoms with Gasteiger partial charge < -0.3 is 15.3 Å². The smallest absolute Gasteiger partial charge is 0.870 e. The fourth-order valence-electron chi connectivity index (χ4n) is 0.945. The van der Waals surface area contributed by atoms with Crippen LogP contribution in [0, 0.1) is 5.92 Å². The number of ether oxygens (including phenoxy) is 1. The molecule has 0 aliphatic carbocycles. The summed E-state index contributed by atoms with van der Waals surface area (Å²) in [5, 5.41) is 8.48. The van der Waals surface area contributed by atoms with Crippen molar-refractivity contribution in [3.8, 4) is 0 Å². The van der Waals surface area contributed by atoms with Crippen molar-refractivity contribution in [1.29, 1.82) is 0 Å². The normalized spacial score (nSPS) is 17.8. The van der Waals surface area contributed by atoms with E-state index in [1.807, 2.05) is 0 Å². The first-order valence-corrected chi connectivity index (χ1v) is 3.11. The van der Waals surface area contributed by atoms with Gasteiger partial charge in [-0.1, -0.05) is 0 Å². The molecule has 0 radical (unpaired) electrons. The van der Waals surface area contributed by atoms with Crippen LogP contribution in [0.1, 0.15) is 12.8 Å². The Morgan fingerprint density at radius 3 is 2.09 bits per heavy atom. The summed E-state index contributed by atoms with van der Waals surface area (Å²) in [6.07, 6.45) is 1.35. The number of carboxylic acid groups (broad SMARTS) is 1. The van der Waals surface area contributed by atoms with Gasteiger partial charge in [0.2, 0.25) is 0 Å². The molecule has 0 bridgehead atoms. The number of aliphatic carboxylic acids is 1. The minimum atomic E-state index is -0.682. The molecule has 0 aromatic rings. The number of carboxylic acids is 1. The van der Waals surface area contributed by atoms with Crippen molar-refractivity contribution >= 4 is 5.97 Å². The predicted octanol–water partition coefficient (Wildman–Crippen LogP) is -2.68. The van der Waals surface area contributed by atoms with E-state index in [-0.39, 0.29) is 30.3 Å². The van der Waals surface area contributed by atoms with Crippen LogP contribution in [0.4, 0.5) is 0 Å². The second-order valence-electron chi connectivity index (χ2n) is 2.22. The second-order valence-corrected chi connectivity index (χ2v) is 2.22. The van der Waals surface area contributed by atoms with Crippen LogP contribution in [-0.4, -0.2) is 29.8 Å². The number of hydrogen-bond donors (Lipinski definition) is 1. The van der Waals surface area contributed by atoms with Gasteiger partial charge in [0.25, 0.3) is 0 Å². The van der Waals surface area contributed by atoms with Crippen LogP contribution in [0.25, 0.3) is 0 Å². The number of carbonyl (C=O) groups is 1. The zero-order valence-corrected chi connectivity index (χ0v) is 6.62. The average molecular weight is 154 g/mol. The molecule has 1 rings (SSSR count). The summed E-state index contributed by atoms with van der Waals surface area (Å²) in [6, 6.07) is 0. The van der Waals surface area contributed by atoms with Gasteiger partial charge in [-0.3, -0.25) is 4.79 Å². The average Bonchev–Trinajstić information content (AvgIpc) is 1.90. The van der Waals surface area contributed by atoms with Crippen molar-refractivity contribution in [2.24, 2.45) is 5.92 Å². The molecule has 0 atom stereocenters. The molecule has 0 spiro atoms. The van der Waals surface area contributed by atoms with Crippen molar-refractivity contribution in [3.63, 3.8) is 0 Å². The van der Waals surface area contributed by atoms with Gasteiger partial charge in [-0.25, -0.2) is 0 Å². The molecule has 0 amide bonds. The fourth-order valence-corrected chi connectivity index (χ4v) is 0.945. The second kappa shape index (κ2) is 6.68. The van der Waals surface area contributed by atoms with Crippen LogP contribution < -0.4 is 18.9 Å². The molecule has 0 unspecified atom stereocenters. The van der Waals surface area contributed by atoms with E-state index in [0.717, 1.165) is 0 Å². The van der Waals surface area contributed by atoms with Crippen molar-refractivity contribution in [1.82, 2.24) is 0 Å². The Kier molecular flexibility index (Phi) is 8.24. The van der Waals surface area contributed by atoms with Crippen LogP contribution in [0.3, 0.4) is 0 Å². The third-order valence-electron chi connectivity index (χ3n) is 1.57. The maximum absolute atomic E-state index is 10.3. The van der Waals surface area contributed by atoms with Gasteiger partial charge in [0, 0.05) is 13.2 Å². The maximum Gasteiger partial charge on any atom is 1.00 e. The fraction of sp³-hybridized carbons (Fsp3) is 0.833. The van der Waals surface area contributed by atoms with Gasteiger partial charge in [0.1, 0.15) is 0 Å². The van der Waals surface area contributed by atoms with Crippen LogP contribution in [0.2, 0.25) is 0 Å². The molecule has 2 N–H and O–H groups in total. The van der Waals surface area contributed by atoms with Gasteiger partial charge in [-0.05, 0) is 12.8 Å². The summed E-state index contributed by atoms with van der Waals surface area (Å²) >= 11 is 0. The van der Waals surface area contributed by atoms with Crippen LogP contribution in [-0.2, 0) is 9.53 Å². The molecule has 0 aromatic carbocycles. The summed E-state index contributed by atoms with van der Waals surface area (Å²) in [4.78, 5) is 10.3. The molecule has 1 fully saturated rings. The van der Waals surface area contributed by atoms with Gasteiger partial charge >= 0.3 is 24.8 Å². The molecule has 1 heterocycles. The predicted molar refractivity (Wildman–Crippen MR) is 33.1 cm³/mol. The Hall–Kier alpha value is -0.0126. The minimum Gasteiger partial charge on any atom is -0.870 e. The van der Waals surface area contributed by atoms with E-state index < -0.39 is 5.97 Å². The number of rotatable bonds is 1. The molecule has 4 nitrogen and oxygen atoms in total. The van der Waals surface area contributed by atoms with E-state index in [9.17, 15) is 4.79 Å². The molecule has 1 aliphatic rings. The van der Waals surface area contributed by atoms with Crippen LogP contribution >= 0.6 is 0 Å². The van der Waals surface area contributed by atoms with Crippen LogP contribution in [0.15, 0.2) is 0 Å². The first kappa shape index (κ1) is 13.6. The van der Waals surface area contributed by atoms with E-state index in [4.69, 9.17) is 9.84 Å². The van der Waals surface area contributed by atoms with E-state index in [0.29, 0.717) is 26.1 Å². The Morgan fingerprint density at radius 1 is 1.36 bits per heavy atom. The largest absolute Gasteiger partial charge is 1.00 e. The molecule has 0 aromatic heterocycles. The van der Waals surface area contributed by atoms with Crippen LogP contribution in [0.5, 0.6) is 0 Å². The first-order chi connectivity index (χ1) is 4.30. The monoisotopic (exact) mass is 154 g/mol. The zero-order chi connectivity index (χ0) is 6.69. The Labute approximate surface area is 77.4 Å². The summed E-state index contributed by atoms with van der Waals surface area (Å²) < 4.78 is 4.99.